The van der Waals surface area contributed by atoms with E-state index in [9.17, 15) is 9.90 Å². The van der Waals surface area contributed by atoms with Crippen LogP contribution in [0.5, 0.6) is 0 Å². The molecule has 2 fully saturated rings. The van der Waals surface area contributed by atoms with E-state index < -0.39 is 5.97 Å². The lowest BCUT2D eigenvalue weighted by atomic mass is 9.77. The van der Waals surface area contributed by atoms with Crippen molar-refractivity contribution >= 4 is 5.97 Å². The summed E-state index contributed by atoms with van der Waals surface area (Å²) in [5.74, 6) is 0.196. The summed E-state index contributed by atoms with van der Waals surface area (Å²) in [6, 6.07) is 0.599. The van der Waals surface area contributed by atoms with Gasteiger partial charge in [-0.3, -0.25) is 9.69 Å². The molecule has 3 nitrogen and oxygen atoms in total. The monoisotopic (exact) mass is 253 g/mol. The van der Waals surface area contributed by atoms with Gasteiger partial charge in [0.25, 0.3) is 0 Å². The first kappa shape index (κ1) is 13.9. The number of aliphatic carboxylic acids is 1. The van der Waals surface area contributed by atoms with Crippen LogP contribution >= 0.6 is 0 Å². The van der Waals surface area contributed by atoms with E-state index in [1.807, 2.05) is 0 Å². The molecule has 1 unspecified atom stereocenters. The van der Waals surface area contributed by atoms with Crippen molar-refractivity contribution in [2.75, 3.05) is 7.05 Å². The van der Waals surface area contributed by atoms with Gasteiger partial charge in [-0.25, -0.2) is 0 Å². The predicted octanol–water partition coefficient (Wildman–Crippen LogP) is 3.28. The van der Waals surface area contributed by atoms with Crippen LogP contribution < -0.4 is 0 Å². The zero-order chi connectivity index (χ0) is 13.2. The minimum atomic E-state index is -0.630. The number of hydrogen-bond acceptors (Lipinski definition) is 2. The Balaban J connectivity index is 2.12. The molecular weight excluding hydrogens is 226 g/mol. The van der Waals surface area contributed by atoms with Crippen molar-refractivity contribution in [2.45, 2.75) is 76.3 Å². The van der Waals surface area contributed by atoms with E-state index >= 15 is 0 Å². The Labute approximate surface area is 111 Å². The van der Waals surface area contributed by atoms with Crippen molar-refractivity contribution in [3.63, 3.8) is 0 Å². The lowest BCUT2D eigenvalue weighted by Crippen LogP contribution is -2.54. The Hall–Kier alpha value is -0.570. The largest absolute Gasteiger partial charge is 0.481 e. The van der Waals surface area contributed by atoms with E-state index in [0.29, 0.717) is 12.5 Å². The molecular formula is C15H27NO2. The first-order valence-electron chi connectivity index (χ1n) is 7.54. The molecule has 2 aliphatic rings. The van der Waals surface area contributed by atoms with Gasteiger partial charge in [-0.15, -0.1) is 0 Å². The minimum Gasteiger partial charge on any atom is -0.481 e. The molecule has 0 spiro atoms. The van der Waals surface area contributed by atoms with Gasteiger partial charge >= 0.3 is 5.97 Å². The Morgan fingerprint density at radius 2 is 1.94 bits per heavy atom. The van der Waals surface area contributed by atoms with Crippen molar-refractivity contribution in [1.29, 1.82) is 0 Å². The highest BCUT2D eigenvalue weighted by atomic mass is 16.4. The predicted molar refractivity (Wildman–Crippen MR) is 72.6 cm³/mol. The summed E-state index contributed by atoms with van der Waals surface area (Å²) >= 11 is 0. The molecule has 0 aromatic carbocycles. The molecule has 2 saturated carbocycles. The summed E-state index contributed by atoms with van der Waals surface area (Å²) in [7, 11) is 2.18. The van der Waals surface area contributed by atoms with Gasteiger partial charge in [-0.1, -0.05) is 26.2 Å². The van der Waals surface area contributed by atoms with Crippen molar-refractivity contribution in [1.82, 2.24) is 4.90 Å². The van der Waals surface area contributed by atoms with Crippen LogP contribution in [0.2, 0.25) is 0 Å². The maximum absolute atomic E-state index is 11.2. The van der Waals surface area contributed by atoms with E-state index in [-0.39, 0.29) is 5.54 Å². The lowest BCUT2D eigenvalue weighted by Gasteiger charge is -2.47. The van der Waals surface area contributed by atoms with Crippen molar-refractivity contribution < 1.29 is 9.90 Å². The fraction of sp³-hybridized carbons (Fsp3) is 0.933. The first-order chi connectivity index (χ1) is 8.59. The van der Waals surface area contributed by atoms with Gasteiger partial charge < -0.3 is 5.11 Å². The number of hydrogen-bond donors (Lipinski definition) is 1. The molecule has 0 aromatic rings. The number of carboxylic acid groups (broad SMARTS) is 1. The molecule has 0 radical (unpaired) electrons. The molecule has 0 saturated heterocycles. The summed E-state index contributed by atoms with van der Waals surface area (Å²) in [6.45, 7) is 2.25. The second-order valence-corrected chi connectivity index (χ2v) is 6.28. The highest BCUT2D eigenvalue weighted by Gasteiger charge is 2.44. The first-order valence-corrected chi connectivity index (χ1v) is 7.54. The fourth-order valence-corrected chi connectivity index (χ4v) is 3.90. The Bertz CT molecular complexity index is 293. The highest BCUT2D eigenvalue weighted by Crippen LogP contribution is 2.43. The Kier molecular flexibility index (Phi) is 4.31. The molecule has 0 amide bonds. The van der Waals surface area contributed by atoms with Gasteiger partial charge in [0, 0.05) is 11.6 Å². The topological polar surface area (TPSA) is 40.5 Å². The molecule has 0 heterocycles. The van der Waals surface area contributed by atoms with Crippen LogP contribution in [0.25, 0.3) is 0 Å². The number of rotatable bonds is 6. The molecule has 104 valence electrons. The molecule has 1 N–H and O–H groups in total. The van der Waals surface area contributed by atoms with Crippen molar-refractivity contribution in [2.24, 2.45) is 5.92 Å². The summed E-state index contributed by atoms with van der Waals surface area (Å²) in [6.07, 6.45) is 9.96. The lowest BCUT2D eigenvalue weighted by molar-refractivity contribution is -0.141. The van der Waals surface area contributed by atoms with Gasteiger partial charge in [0.1, 0.15) is 0 Å². The van der Waals surface area contributed by atoms with Crippen LogP contribution in [0.15, 0.2) is 0 Å². The third-order valence-electron chi connectivity index (χ3n) is 5.09. The molecule has 1 atom stereocenters. The molecule has 2 rings (SSSR count). The third-order valence-corrected chi connectivity index (χ3v) is 5.09. The van der Waals surface area contributed by atoms with Crippen LogP contribution in [-0.4, -0.2) is 34.6 Å². The van der Waals surface area contributed by atoms with Crippen LogP contribution in [-0.2, 0) is 4.79 Å². The van der Waals surface area contributed by atoms with E-state index in [1.54, 1.807) is 0 Å². The zero-order valence-corrected chi connectivity index (χ0v) is 11.8. The van der Waals surface area contributed by atoms with Crippen LogP contribution in [0.1, 0.15) is 64.7 Å². The smallest absolute Gasteiger partial charge is 0.305 e. The van der Waals surface area contributed by atoms with E-state index in [1.165, 1.54) is 32.1 Å². The van der Waals surface area contributed by atoms with Crippen LogP contribution in [0.3, 0.4) is 0 Å². The van der Waals surface area contributed by atoms with E-state index in [4.69, 9.17) is 0 Å². The van der Waals surface area contributed by atoms with Crippen molar-refractivity contribution in [3.8, 4) is 0 Å². The van der Waals surface area contributed by atoms with Gasteiger partial charge in [0.15, 0.2) is 0 Å². The highest BCUT2D eigenvalue weighted by molar-refractivity contribution is 5.68. The SMILES string of the molecule is CCC(C1CC1)N(C)C1(CC(=O)O)CCCCC1. The maximum Gasteiger partial charge on any atom is 0.305 e. The fourth-order valence-electron chi connectivity index (χ4n) is 3.90. The van der Waals surface area contributed by atoms with E-state index in [0.717, 1.165) is 25.2 Å². The van der Waals surface area contributed by atoms with Gasteiger partial charge in [-0.05, 0) is 45.1 Å². The normalized spacial score (nSPS) is 25.1. The minimum absolute atomic E-state index is 0.0622. The standard InChI is InChI=1S/C15H27NO2/c1-3-13(12-7-8-12)16(2)15(11-14(17)18)9-5-4-6-10-15/h12-13H,3-11H2,1-2H3,(H,17,18). The summed E-state index contributed by atoms with van der Waals surface area (Å²) in [4.78, 5) is 13.7. The molecule has 18 heavy (non-hydrogen) atoms. The second-order valence-electron chi connectivity index (χ2n) is 6.28. The Morgan fingerprint density at radius 3 is 2.39 bits per heavy atom. The summed E-state index contributed by atoms with van der Waals surface area (Å²) < 4.78 is 0. The van der Waals surface area contributed by atoms with Crippen LogP contribution in [0.4, 0.5) is 0 Å². The average molecular weight is 253 g/mol. The maximum atomic E-state index is 11.2. The van der Waals surface area contributed by atoms with E-state index in [2.05, 4.69) is 18.9 Å². The molecule has 0 aromatic heterocycles. The van der Waals surface area contributed by atoms with Gasteiger partial charge in [-0.2, -0.15) is 0 Å². The molecule has 3 heteroatoms. The van der Waals surface area contributed by atoms with Gasteiger partial charge in [0.05, 0.1) is 6.42 Å². The summed E-state index contributed by atoms with van der Waals surface area (Å²) in [5.41, 5.74) is -0.0622. The third kappa shape index (κ3) is 2.87. The summed E-state index contributed by atoms with van der Waals surface area (Å²) in [5, 5.41) is 9.26. The molecule has 0 aliphatic heterocycles. The molecule has 0 bridgehead atoms. The Morgan fingerprint density at radius 1 is 1.33 bits per heavy atom. The van der Waals surface area contributed by atoms with Crippen LogP contribution in [0, 0.1) is 5.92 Å². The number of carbonyl (C=O) groups is 1. The average Bonchev–Trinajstić information content (AvgIpc) is 3.14. The van der Waals surface area contributed by atoms with Gasteiger partial charge in [0.2, 0.25) is 0 Å². The van der Waals surface area contributed by atoms with Crippen molar-refractivity contribution in [3.05, 3.63) is 0 Å². The zero-order valence-electron chi connectivity index (χ0n) is 11.8. The number of nitrogens with zero attached hydrogens (tertiary/aromatic N) is 1. The quantitative estimate of drug-likeness (QED) is 0.789. The second kappa shape index (κ2) is 5.60. The number of carboxylic acids is 1. The molecule has 2 aliphatic carbocycles.